The van der Waals surface area contributed by atoms with Gasteiger partial charge in [0, 0.05) is 19.3 Å². The number of aryl methyl sites for hydroxylation is 1. The predicted octanol–water partition coefficient (Wildman–Crippen LogP) is 1.09. The number of carbonyl (C=O) groups excluding carboxylic acids is 1. The predicted molar refractivity (Wildman–Crippen MR) is 68.1 cm³/mol. The number of hydrogen-bond donors (Lipinski definition) is 3. The first-order valence-electron chi connectivity index (χ1n) is 5.49. The minimum Gasteiger partial charge on any atom is -0.383 e. The summed E-state index contributed by atoms with van der Waals surface area (Å²) in [6.45, 7) is 2.71. The first-order valence-corrected chi connectivity index (χ1v) is 5.49. The van der Waals surface area contributed by atoms with Crippen molar-refractivity contribution < 1.29 is 9.53 Å². The molecular formula is C12H19N3O2. The van der Waals surface area contributed by atoms with Gasteiger partial charge in [0.15, 0.2) is 0 Å². The average molecular weight is 237 g/mol. The Morgan fingerprint density at radius 3 is 2.88 bits per heavy atom. The molecule has 94 valence electrons. The van der Waals surface area contributed by atoms with Crippen LogP contribution in [0.4, 0.5) is 10.5 Å². The van der Waals surface area contributed by atoms with Crippen LogP contribution in [0.25, 0.3) is 0 Å². The zero-order chi connectivity index (χ0) is 12.7. The van der Waals surface area contributed by atoms with Crippen molar-refractivity contribution in [2.75, 3.05) is 25.6 Å². The maximum Gasteiger partial charge on any atom is 0.319 e. The van der Waals surface area contributed by atoms with E-state index in [0.29, 0.717) is 13.2 Å². The van der Waals surface area contributed by atoms with Crippen LogP contribution in [0.15, 0.2) is 24.3 Å². The lowest BCUT2D eigenvalue weighted by molar-refractivity contribution is 0.169. The van der Waals surface area contributed by atoms with Gasteiger partial charge < -0.3 is 21.1 Å². The summed E-state index contributed by atoms with van der Waals surface area (Å²) in [7, 11) is 1.57. The van der Waals surface area contributed by atoms with Crippen LogP contribution in [0.2, 0.25) is 0 Å². The van der Waals surface area contributed by atoms with Crippen LogP contribution in [-0.2, 0) is 4.74 Å². The third-order valence-corrected chi connectivity index (χ3v) is 2.26. The molecule has 0 saturated carbocycles. The van der Waals surface area contributed by atoms with Crippen LogP contribution in [-0.4, -0.2) is 32.3 Å². The summed E-state index contributed by atoms with van der Waals surface area (Å²) in [5.74, 6) is 0. The van der Waals surface area contributed by atoms with Gasteiger partial charge in [0.25, 0.3) is 0 Å². The van der Waals surface area contributed by atoms with Gasteiger partial charge in [-0.05, 0) is 24.6 Å². The fourth-order valence-electron chi connectivity index (χ4n) is 1.45. The van der Waals surface area contributed by atoms with Gasteiger partial charge in [-0.2, -0.15) is 0 Å². The van der Waals surface area contributed by atoms with Crippen LogP contribution in [0.1, 0.15) is 5.56 Å². The second-order valence-corrected chi connectivity index (χ2v) is 3.86. The lowest BCUT2D eigenvalue weighted by atomic mass is 10.2. The number of rotatable bonds is 5. The van der Waals surface area contributed by atoms with E-state index in [4.69, 9.17) is 10.5 Å². The summed E-state index contributed by atoms with van der Waals surface area (Å²) < 4.78 is 4.94. The molecule has 0 aliphatic rings. The molecule has 0 spiro atoms. The van der Waals surface area contributed by atoms with E-state index in [9.17, 15) is 4.79 Å². The van der Waals surface area contributed by atoms with E-state index in [1.807, 2.05) is 31.2 Å². The largest absolute Gasteiger partial charge is 0.383 e. The quantitative estimate of drug-likeness (QED) is 0.717. The minimum atomic E-state index is -0.275. The first kappa shape index (κ1) is 13.5. The minimum absolute atomic E-state index is 0.176. The topological polar surface area (TPSA) is 76.4 Å². The highest BCUT2D eigenvalue weighted by Crippen LogP contribution is 2.08. The van der Waals surface area contributed by atoms with Crippen LogP contribution < -0.4 is 16.4 Å². The van der Waals surface area contributed by atoms with Gasteiger partial charge in [-0.25, -0.2) is 4.79 Å². The van der Waals surface area contributed by atoms with E-state index in [1.165, 1.54) is 0 Å². The second-order valence-electron chi connectivity index (χ2n) is 3.86. The first-order chi connectivity index (χ1) is 8.15. The Labute approximate surface area is 101 Å². The zero-order valence-electron chi connectivity index (χ0n) is 10.2. The van der Waals surface area contributed by atoms with Crippen molar-refractivity contribution >= 4 is 11.7 Å². The number of nitrogens with one attached hydrogen (secondary N) is 2. The van der Waals surface area contributed by atoms with Gasteiger partial charge >= 0.3 is 6.03 Å². The lowest BCUT2D eigenvalue weighted by Gasteiger charge is -2.16. The maximum atomic E-state index is 11.6. The molecule has 2 amide bonds. The Hall–Kier alpha value is -1.59. The van der Waals surface area contributed by atoms with Gasteiger partial charge in [0.2, 0.25) is 0 Å². The van der Waals surface area contributed by atoms with Crippen molar-refractivity contribution in [3.63, 3.8) is 0 Å². The molecule has 0 saturated heterocycles. The Morgan fingerprint density at radius 2 is 2.29 bits per heavy atom. The number of amides is 2. The summed E-state index contributed by atoms with van der Waals surface area (Å²) in [4.78, 5) is 11.6. The zero-order valence-corrected chi connectivity index (χ0v) is 10.2. The third-order valence-electron chi connectivity index (χ3n) is 2.26. The van der Waals surface area contributed by atoms with Crippen molar-refractivity contribution in [1.29, 1.82) is 0 Å². The van der Waals surface area contributed by atoms with Crippen molar-refractivity contribution in [2.24, 2.45) is 5.73 Å². The summed E-state index contributed by atoms with van der Waals surface area (Å²) >= 11 is 0. The maximum absolute atomic E-state index is 11.6. The SMILES string of the molecule is COCC(CN)NC(=O)Nc1cccc(C)c1. The molecular weight excluding hydrogens is 218 g/mol. The normalized spacial score (nSPS) is 11.9. The molecule has 0 aromatic heterocycles. The molecule has 0 fully saturated rings. The van der Waals surface area contributed by atoms with Crippen molar-refractivity contribution in [1.82, 2.24) is 5.32 Å². The fourth-order valence-corrected chi connectivity index (χ4v) is 1.45. The van der Waals surface area contributed by atoms with E-state index in [1.54, 1.807) is 7.11 Å². The molecule has 1 aromatic carbocycles. The van der Waals surface area contributed by atoms with E-state index in [2.05, 4.69) is 10.6 Å². The Bertz CT molecular complexity index is 369. The van der Waals surface area contributed by atoms with Crippen LogP contribution in [0.3, 0.4) is 0 Å². The molecule has 1 aromatic rings. The average Bonchev–Trinajstić information content (AvgIpc) is 2.28. The molecule has 17 heavy (non-hydrogen) atoms. The third kappa shape index (κ3) is 4.84. The molecule has 1 unspecified atom stereocenters. The van der Waals surface area contributed by atoms with Gasteiger partial charge in [-0.1, -0.05) is 12.1 Å². The Morgan fingerprint density at radius 1 is 1.53 bits per heavy atom. The number of ether oxygens (including phenoxy) is 1. The van der Waals surface area contributed by atoms with E-state index in [-0.39, 0.29) is 12.1 Å². The molecule has 1 atom stereocenters. The summed E-state index contributed by atoms with van der Waals surface area (Å²) in [5.41, 5.74) is 7.35. The monoisotopic (exact) mass is 237 g/mol. The Kier molecular flexibility index (Phi) is 5.45. The molecule has 0 heterocycles. The number of urea groups is 1. The number of hydrogen-bond acceptors (Lipinski definition) is 3. The van der Waals surface area contributed by atoms with E-state index >= 15 is 0 Å². The molecule has 0 aliphatic heterocycles. The fraction of sp³-hybridized carbons (Fsp3) is 0.417. The standard InChI is InChI=1S/C12H19N3O2/c1-9-4-3-5-10(6-9)14-12(16)15-11(7-13)8-17-2/h3-6,11H,7-8,13H2,1-2H3,(H2,14,15,16). The van der Waals surface area contributed by atoms with Gasteiger partial charge in [-0.3, -0.25) is 0 Å². The number of nitrogens with two attached hydrogens (primary N) is 1. The molecule has 0 radical (unpaired) electrons. The highest BCUT2D eigenvalue weighted by molar-refractivity contribution is 5.89. The number of anilines is 1. The van der Waals surface area contributed by atoms with Gasteiger partial charge in [-0.15, -0.1) is 0 Å². The second kappa shape index (κ2) is 6.88. The van der Waals surface area contributed by atoms with Crippen LogP contribution in [0, 0.1) is 6.92 Å². The number of methoxy groups -OCH3 is 1. The van der Waals surface area contributed by atoms with Gasteiger partial charge in [0.1, 0.15) is 0 Å². The molecule has 0 aliphatic carbocycles. The summed E-state index contributed by atoms with van der Waals surface area (Å²) in [6, 6.07) is 7.14. The van der Waals surface area contributed by atoms with Crippen LogP contribution >= 0.6 is 0 Å². The highest BCUT2D eigenvalue weighted by atomic mass is 16.5. The molecule has 5 heteroatoms. The van der Waals surface area contributed by atoms with Crippen LogP contribution in [0.5, 0.6) is 0 Å². The molecule has 1 rings (SSSR count). The van der Waals surface area contributed by atoms with Gasteiger partial charge in [0.05, 0.1) is 12.6 Å². The highest BCUT2D eigenvalue weighted by Gasteiger charge is 2.09. The van der Waals surface area contributed by atoms with Crippen molar-refractivity contribution in [2.45, 2.75) is 13.0 Å². The molecule has 5 nitrogen and oxygen atoms in total. The van der Waals surface area contributed by atoms with E-state index in [0.717, 1.165) is 11.3 Å². The lowest BCUT2D eigenvalue weighted by Crippen LogP contribution is -2.45. The molecule has 4 N–H and O–H groups in total. The number of benzene rings is 1. The number of carbonyl (C=O) groups is 1. The smallest absolute Gasteiger partial charge is 0.319 e. The Balaban J connectivity index is 2.49. The molecule has 0 bridgehead atoms. The summed E-state index contributed by atoms with van der Waals surface area (Å²) in [6.07, 6.45) is 0. The van der Waals surface area contributed by atoms with Crippen molar-refractivity contribution in [3.05, 3.63) is 29.8 Å². The van der Waals surface area contributed by atoms with Crippen molar-refractivity contribution in [3.8, 4) is 0 Å². The van der Waals surface area contributed by atoms with E-state index < -0.39 is 0 Å². The summed E-state index contributed by atoms with van der Waals surface area (Å²) in [5, 5.41) is 5.48.